The lowest BCUT2D eigenvalue weighted by Crippen LogP contribution is -2.61. The van der Waals surface area contributed by atoms with E-state index in [0.29, 0.717) is 51.4 Å². The molecule has 2 aliphatic rings. The lowest BCUT2D eigenvalue weighted by atomic mass is 9.85. The molecule has 1 N–H and O–H groups in total. The number of nitrogens with zero attached hydrogens (tertiary/aromatic N) is 4. The molecule has 0 radical (unpaired) electrons. The van der Waals surface area contributed by atoms with E-state index >= 15 is 0 Å². The van der Waals surface area contributed by atoms with Gasteiger partial charge in [-0.25, -0.2) is 0 Å². The van der Waals surface area contributed by atoms with Gasteiger partial charge in [0.15, 0.2) is 5.69 Å². The smallest absolute Gasteiger partial charge is 0.335 e. The van der Waals surface area contributed by atoms with Gasteiger partial charge in [0, 0.05) is 25.4 Å². The lowest BCUT2D eigenvalue weighted by molar-refractivity contribution is -0.146. The van der Waals surface area contributed by atoms with Crippen molar-refractivity contribution in [1.82, 2.24) is 25.0 Å². The van der Waals surface area contributed by atoms with E-state index in [9.17, 15) is 22.8 Å². The van der Waals surface area contributed by atoms with Crippen molar-refractivity contribution < 1.29 is 22.8 Å². The van der Waals surface area contributed by atoms with Gasteiger partial charge in [0.05, 0.1) is 12.2 Å². The predicted molar refractivity (Wildman–Crippen MR) is 95.5 cm³/mol. The Hall–Kier alpha value is -2.91. The molecule has 0 aliphatic carbocycles. The maximum Gasteiger partial charge on any atom is 0.432 e. The highest BCUT2D eigenvalue weighted by molar-refractivity contribution is 5.99. The van der Waals surface area contributed by atoms with Crippen LogP contribution in [0.3, 0.4) is 0 Å². The summed E-state index contributed by atoms with van der Waals surface area (Å²) in [7, 11) is 0. The number of likely N-dealkylation sites (tertiary alicyclic amines) is 2. The van der Waals surface area contributed by atoms with Crippen LogP contribution in [0.4, 0.5) is 13.2 Å². The second-order valence-electron chi connectivity index (χ2n) is 7.41. The number of nitrogens with one attached hydrogen (secondary N) is 1. The first-order valence-corrected chi connectivity index (χ1v) is 9.45. The summed E-state index contributed by atoms with van der Waals surface area (Å²) in [6.45, 7) is 1.21. The van der Waals surface area contributed by atoms with Gasteiger partial charge < -0.3 is 9.80 Å². The van der Waals surface area contributed by atoms with E-state index in [4.69, 9.17) is 0 Å². The number of carbonyl (C=O) groups excluding carboxylic acids is 2. The number of H-pyrrole nitrogens is 1. The van der Waals surface area contributed by atoms with Crippen molar-refractivity contribution in [2.45, 2.75) is 43.9 Å². The fourth-order valence-corrected chi connectivity index (χ4v) is 4.27. The minimum absolute atomic E-state index is 0.174. The van der Waals surface area contributed by atoms with Crippen LogP contribution in [0.2, 0.25) is 0 Å². The van der Waals surface area contributed by atoms with Crippen molar-refractivity contribution in [2.75, 3.05) is 13.1 Å². The van der Waals surface area contributed by atoms with Gasteiger partial charge in [0.25, 0.3) is 5.91 Å². The average molecular weight is 407 g/mol. The molecule has 0 saturated carbocycles. The summed E-state index contributed by atoms with van der Waals surface area (Å²) in [6, 6.07) is 6.16. The maximum absolute atomic E-state index is 13.4. The number of amides is 2. The van der Waals surface area contributed by atoms with Crippen LogP contribution in [0, 0.1) is 0 Å². The molecule has 1 unspecified atom stereocenters. The quantitative estimate of drug-likeness (QED) is 0.848. The van der Waals surface area contributed by atoms with Crippen LogP contribution in [-0.2, 0) is 17.5 Å². The number of carbonyl (C=O) groups is 2. The third kappa shape index (κ3) is 3.47. The summed E-state index contributed by atoms with van der Waals surface area (Å²) in [6.07, 6.45) is -0.656. The van der Waals surface area contributed by atoms with E-state index in [1.54, 1.807) is 17.2 Å². The maximum atomic E-state index is 13.4. The van der Waals surface area contributed by atoms with Crippen LogP contribution in [0.1, 0.15) is 47.6 Å². The van der Waals surface area contributed by atoms with E-state index in [1.165, 1.54) is 4.90 Å². The molecule has 4 rings (SSSR count). The first kappa shape index (κ1) is 19.4. The molecule has 1 atom stereocenters. The van der Waals surface area contributed by atoms with Crippen molar-refractivity contribution in [2.24, 2.45) is 0 Å². The van der Waals surface area contributed by atoms with E-state index in [1.807, 2.05) is 17.2 Å². The Kier molecular flexibility index (Phi) is 4.79. The molecule has 2 fully saturated rings. The second kappa shape index (κ2) is 7.16. The highest BCUT2D eigenvalue weighted by atomic mass is 19.4. The lowest BCUT2D eigenvalue weighted by Gasteiger charge is -2.44. The molecule has 0 aromatic carbocycles. The number of alkyl halides is 3. The molecule has 29 heavy (non-hydrogen) atoms. The highest BCUT2D eigenvalue weighted by Crippen LogP contribution is 2.39. The summed E-state index contributed by atoms with van der Waals surface area (Å²) < 4.78 is 38.5. The number of aromatic nitrogens is 3. The zero-order valence-corrected chi connectivity index (χ0v) is 15.6. The minimum atomic E-state index is -4.62. The van der Waals surface area contributed by atoms with Gasteiger partial charge >= 0.3 is 6.18 Å². The topological polar surface area (TPSA) is 82.2 Å². The number of hydrogen-bond donors (Lipinski definition) is 1. The van der Waals surface area contributed by atoms with Crippen LogP contribution >= 0.6 is 0 Å². The predicted octanol–water partition coefficient (Wildman–Crippen LogP) is 2.62. The molecule has 2 aromatic rings. The van der Waals surface area contributed by atoms with Crippen LogP contribution in [0.15, 0.2) is 30.5 Å². The summed E-state index contributed by atoms with van der Waals surface area (Å²) in [5.41, 5.74) is -1.69. The summed E-state index contributed by atoms with van der Waals surface area (Å²) in [4.78, 5) is 33.7. The van der Waals surface area contributed by atoms with Gasteiger partial charge in [-0.1, -0.05) is 6.07 Å². The van der Waals surface area contributed by atoms with Gasteiger partial charge in [-0.15, -0.1) is 0 Å². The average Bonchev–Trinajstić information content (AvgIpc) is 3.34. The van der Waals surface area contributed by atoms with E-state index in [-0.39, 0.29) is 11.6 Å². The Morgan fingerprint density at radius 2 is 1.97 bits per heavy atom. The molecule has 2 amide bonds. The largest absolute Gasteiger partial charge is 0.432 e. The Morgan fingerprint density at radius 3 is 2.62 bits per heavy atom. The van der Waals surface area contributed by atoms with Crippen LogP contribution in [-0.4, -0.2) is 55.4 Å². The SMILES string of the molecule is O=C(c1cc(C(F)(F)F)[nH]n1)N1CCCC12CCCN(Cc1ccccn1)C2=O. The number of rotatable bonds is 3. The summed E-state index contributed by atoms with van der Waals surface area (Å²) in [5, 5.41) is 5.41. The molecule has 10 heteroatoms. The van der Waals surface area contributed by atoms with Gasteiger partial charge in [-0.3, -0.25) is 19.7 Å². The summed E-state index contributed by atoms with van der Waals surface area (Å²) >= 11 is 0. The van der Waals surface area contributed by atoms with Gasteiger partial charge in [0.1, 0.15) is 11.2 Å². The highest BCUT2D eigenvalue weighted by Gasteiger charge is 2.53. The number of pyridine rings is 1. The third-order valence-electron chi connectivity index (χ3n) is 5.62. The van der Waals surface area contributed by atoms with E-state index in [2.05, 4.69) is 10.1 Å². The Morgan fingerprint density at radius 1 is 1.21 bits per heavy atom. The Bertz CT molecular complexity index is 914. The molecule has 7 nitrogen and oxygen atoms in total. The van der Waals surface area contributed by atoms with Crippen molar-refractivity contribution in [3.63, 3.8) is 0 Å². The Balaban J connectivity index is 1.58. The van der Waals surface area contributed by atoms with E-state index < -0.39 is 23.3 Å². The molecule has 4 heterocycles. The molecule has 0 bridgehead atoms. The second-order valence-corrected chi connectivity index (χ2v) is 7.41. The molecule has 1 spiro atoms. The van der Waals surface area contributed by atoms with Crippen LogP contribution < -0.4 is 0 Å². The fourth-order valence-electron chi connectivity index (χ4n) is 4.27. The molecule has 2 aromatic heterocycles. The van der Waals surface area contributed by atoms with E-state index in [0.717, 1.165) is 5.69 Å². The molecule has 2 saturated heterocycles. The van der Waals surface area contributed by atoms with Gasteiger partial charge in [0.2, 0.25) is 5.91 Å². The minimum Gasteiger partial charge on any atom is -0.335 e. The number of hydrogen-bond acceptors (Lipinski definition) is 4. The van der Waals surface area contributed by atoms with Crippen LogP contribution in [0.5, 0.6) is 0 Å². The zero-order chi connectivity index (χ0) is 20.6. The van der Waals surface area contributed by atoms with Crippen molar-refractivity contribution in [3.05, 3.63) is 47.5 Å². The standard InChI is InChI=1S/C19H20F3N5O2/c20-19(21,22)15-11-14(24-25-15)16(28)27-10-4-7-18(27)6-3-9-26(17(18)29)12-13-5-1-2-8-23-13/h1-2,5,8,11H,3-4,6-7,9-10,12H2,(H,24,25). The normalized spacial score (nSPS) is 22.5. The molecule has 154 valence electrons. The Labute approximate surface area is 164 Å². The summed E-state index contributed by atoms with van der Waals surface area (Å²) in [5.74, 6) is -0.825. The third-order valence-corrected chi connectivity index (χ3v) is 5.62. The van der Waals surface area contributed by atoms with Crippen molar-refractivity contribution in [3.8, 4) is 0 Å². The number of halogens is 3. The van der Waals surface area contributed by atoms with Crippen molar-refractivity contribution in [1.29, 1.82) is 0 Å². The van der Waals surface area contributed by atoms with Crippen LogP contribution in [0.25, 0.3) is 0 Å². The molecular formula is C19H20F3N5O2. The number of aromatic amines is 1. The number of piperidine rings is 1. The fraction of sp³-hybridized carbons (Fsp3) is 0.474. The van der Waals surface area contributed by atoms with Crippen molar-refractivity contribution >= 4 is 11.8 Å². The monoisotopic (exact) mass is 407 g/mol. The molecular weight excluding hydrogens is 387 g/mol. The van der Waals surface area contributed by atoms with Gasteiger partial charge in [-0.05, 0) is 37.8 Å². The zero-order valence-electron chi connectivity index (χ0n) is 15.6. The van der Waals surface area contributed by atoms with Gasteiger partial charge in [-0.2, -0.15) is 18.3 Å². The molecule has 2 aliphatic heterocycles. The first-order chi connectivity index (χ1) is 13.8. The first-order valence-electron chi connectivity index (χ1n) is 9.45.